The van der Waals surface area contributed by atoms with Crippen LogP contribution < -0.4 is 0 Å². The van der Waals surface area contributed by atoms with E-state index < -0.39 is 12.1 Å². The average molecular weight is 201 g/mol. The zero-order valence-electron chi connectivity index (χ0n) is 8.97. The lowest BCUT2D eigenvalue weighted by Crippen LogP contribution is -2.39. The van der Waals surface area contributed by atoms with E-state index >= 15 is 0 Å². The summed E-state index contributed by atoms with van der Waals surface area (Å²) in [6.45, 7) is 6.95. The van der Waals surface area contributed by atoms with Crippen LogP contribution in [0.2, 0.25) is 0 Å². The van der Waals surface area contributed by atoms with Crippen LogP contribution in [0, 0.1) is 11.8 Å². The van der Waals surface area contributed by atoms with Gasteiger partial charge in [0.25, 0.3) is 0 Å². The largest absolute Gasteiger partial charge is 0.481 e. The number of rotatable bonds is 3. The van der Waals surface area contributed by atoms with E-state index in [1.165, 1.54) is 0 Å². The minimum absolute atomic E-state index is 0.0433. The first-order chi connectivity index (χ1) is 6.43. The second-order valence-corrected chi connectivity index (χ2v) is 4.36. The lowest BCUT2D eigenvalue weighted by Gasteiger charge is -2.26. The zero-order valence-corrected chi connectivity index (χ0v) is 8.97. The molecule has 0 radical (unpaired) electrons. The minimum Gasteiger partial charge on any atom is -0.481 e. The molecular weight excluding hydrogens is 182 g/mol. The number of hydrogen-bond acceptors (Lipinski definition) is 3. The quantitative estimate of drug-likeness (QED) is 0.694. The van der Waals surface area contributed by atoms with Gasteiger partial charge in [-0.2, -0.15) is 0 Å². The van der Waals surface area contributed by atoms with Gasteiger partial charge in [0, 0.05) is 19.1 Å². The second-order valence-electron chi connectivity index (χ2n) is 4.36. The van der Waals surface area contributed by atoms with Crippen molar-refractivity contribution in [2.24, 2.45) is 11.8 Å². The molecule has 1 rings (SSSR count). The first-order valence-electron chi connectivity index (χ1n) is 5.08. The van der Waals surface area contributed by atoms with E-state index in [0.29, 0.717) is 6.54 Å². The van der Waals surface area contributed by atoms with Crippen molar-refractivity contribution in [1.29, 1.82) is 0 Å². The van der Waals surface area contributed by atoms with Crippen LogP contribution in [0.5, 0.6) is 0 Å². The SMILES string of the molecule is CC(O)C(C)N1C[C@@H](C)[C@H](C(=O)O)C1. The van der Waals surface area contributed by atoms with Gasteiger partial charge in [-0.1, -0.05) is 6.92 Å². The van der Waals surface area contributed by atoms with Crippen molar-refractivity contribution >= 4 is 5.97 Å². The summed E-state index contributed by atoms with van der Waals surface area (Å²) >= 11 is 0. The van der Waals surface area contributed by atoms with Gasteiger partial charge in [0.15, 0.2) is 0 Å². The summed E-state index contributed by atoms with van der Waals surface area (Å²) in [5.41, 5.74) is 0. The molecule has 1 saturated heterocycles. The number of aliphatic hydroxyl groups is 1. The molecule has 2 unspecified atom stereocenters. The third-order valence-corrected chi connectivity index (χ3v) is 3.23. The Hall–Kier alpha value is -0.610. The Morgan fingerprint density at radius 1 is 1.43 bits per heavy atom. The normalized spacial score (nSPS) is 32.9. The van der Waals surface area contributed by atoms with E-state index in [1.54, 1.807) is 6.92 Å². The second kappa shape index (κ2) is 4.28. The smallest absolute Gasteiger partial charge is 0.308 e. The molecular formula is C10H19NO3. The van der Waals surface area contributed by atoms with E-state index in [-0.39, 0.29) is 17.9 Å². The van der Waals surface area contributed by atoms with Crippen molar-refractivity contribution in [3.8, 4) is 0 Å². The Kier molecular flexibility index (Phi) is 3.50. The lowest BCUT2D eigenvalue weighted by atomic mass is 9.99. The maximum atomic E-state index is 10.9. The van der Waals surface area contributed by atoms with E-state index in [1.807, 2.05) is 18.7 Å². The number of likely N-dealkylation sites (tertiary alicyclic amines) is 1. The molecule has 2 N–H and O–H groups in total. The number of aliphatic hydroxyl groups excluding tert-OH is 1. The molecule has 0 spiro atoms. The summed E-state index contributed by atoms with van der Waals surface area (Å²) in [5, 5.41) is 18.3. The predicted octanol–water partition coefficient (Wildman–Crippen LogP) is 0.408. The number of carboxylic acids is 1. The van der Waals surface area contributed by atoms with E-state index in [2.05, 4.69) is 0 Å². The topological polar surface area (TPSA) is 60.8 Å². The number of hydrogen-bond donors (Lipinski definition) is 2. The summed E-state index contributed by atoms with van der Waals surface area (Å²) in [6, 6.07) is 0.0433. The van der Waals surface area contributed by atoms with Crippen LogP contribution in [0.4, 0.5) is 0 Å². The molecule has 14 heavy (non-hydrogen) atoms. The maximum absolute atomic E-state index is 10.9. The molecule has 1 aliphatic heterocycles. The minimum atomic E-state index is -0.724. The fourth-order valence-electron chi connectivity index (χ4n) is 1.96. The molecule has 0 amide bonds. The molecule has 0 aliphatic carbocycles. The number of nitrogens with zero attached hydrogens (tertiary/aromatic N) is 1. The van der Waals surface area contributed by atoms with Crippen molar-refractivity contribution in [2.45, 2.75) is 32.9 Å². The highest BCUT2D eigenvalue weighted by atomic mass is 16.4. The van der Waals surface area contributed by atoms with Gasteiger partial charge in [-0.15, -0.1) is 0 Å². The van der Waals surface area contributed by atoms with E-state index in [0.717, 1.165) is 6.54 Å². The summed E-state index contributed by atoms with van der Waals surface area (Å²) in [6.07, 6.45) is -0.408. The van der Waals surface area contributed by atoms with Crippen LogP contribution in [0.25, 0.3) is 0 Å². The van der Waals surface area contributed by atoms with Crippen molar-refractivity contribution < 1.29 is 15.0 Å². The van der Waals surface area contributed by atoms with Crippen LogP contribution in [-0.4, -0.2) is 46.3 Å². The van der Waals surface area contributed by atoms with Crippen LogP contribution in [0.3, 0.4) is 0 Å². The Morgan fingerprint density at radius 2 is 2.00 bits per heavy atom. The molecule has 82 valence electrons. The monoisotopic (exact) mass is 201 g/mol. The molecule has 1 aliphatic rings. The van der Waals surface area contributed by atoms with Crippen LogP contribution in [-0.2, 0) is 4.79 Å². The van der Waals surface area contributed by atoms with Gasteiger partial charge in [0.1, 0.15) is 0 Å². The molecule has 4 heteroatoms. The van der Waals surface area contributed by atoms with Gasteiger partial charge in [0.2, 0.25) is 0 Å². The summed E-state index contributed by atoms with van der Waals surface area (Å²) in [4.78, 5) is 12.9. The Labute approximate surface area is 84.5 Å². The van der Waals surface area contributed by atoms with Gasteiger partial charge in [-0.05, 0) is 19.8 Å². The van der Waals surface area contributed by atoms with Gasteiger partial charge in [-0.3, -0.25) is 9.69 Å². The molecule has 0 aromatic heterocycles. The fraction of sp³-hybridized carbons (Fsp3) is 0.900. The van der Waals surface area contributed by atoms with E-state index in [4.69, 9.17) is 5.11 Å². The predicted molar refractivity (Wildman–Crippen MR) is 53.0 cm³/mol. The molecule has 1 fully saturated rings. The van der Waals surface area contributed by atoms with Crippen molar-refractivity contribution in [2.75, 3.05) is 13.1 Å². The molecule has 1 heterocycles. The Morgan fingerprint density at radius 3 is 2.36 bits per heavy atom. The van der Waals surface area contributed by atoms with Gasteiger partial charge in [0.05, 0.1) is 12.0 Å². The molecule has 0 aromatic carbocycles. The van der Waals surface area contributed by atoms with Gasteiger partial charge >= 0.3 is 5.97 Å². The third kappa shape index (κ3) is 2.25. The summed E-state index contributed by atoms with van der Waals surface area (Å²) < 4.78 is 0. The van der Waals surface area contributed by atoms with Gasteiger partial charge in [-0.25, -0.2) is 0 Å². The molecule has 4 atom stereocenters. The van der Waals surface area contributed by atoms with Crippen molar-refractivity contribution in [3.63, 3.8) is 0 Å². The molecule has 0 bridgehead atoms. The standard InChI is InChI=1S/C10H19NO3/c1-6-4-11(7(2)8(3)12)5-9(6)10(13)14/h6-9,12H,4-5H2,1-3H3,(H,13,14)/t6-,7?,8?,9-/m1/s1. The van der Waals surface area contributed by atoms with Crippen LogP contribution in [0.1, 0.15) is 20.8 Å². The van der Waals surface area contributed by atoms with E-state index in [9.17, 15) is 9.90 Å². The maximum Gasteiger partial charge on any atom is 0.308 e. The Bertz CT molecular complexity index is 217. The molecule has 0 saturated carbocycles. The van der Waals surface area contributed by atoms with Crippen LogP contribution in [0.15, 0.2) is 0 Å². The fourth-order valence-corrected chi connectivity index (χ4v) is 1.96. The Balaban J connectivity index is 2.58. The first-order valence-corrected chi connectivity index (χ1v) is 5.08. The van der Waals surface area contributed by atoms with Crippen LogP contribution >= 0.6 is 0 Å². The lowest BCUT2D eigenvalue weighted by molar-refractivity contribution is -0.142. The van der Waals surface area contributed by atoms with Gasteiger partial charge < -0.3 is 10.2 Å². The summed E-state index contributed by atoms with van der Waals surface area (Å²) in [7, 11) is 0. The highest BCUT2D eigenvalue weighted by Gasteiger charge is 2.37. The molecule has 4 nitrogen and oxygen atoms in total. The first kappa shape index (κ1) is 11.5. The average Bonchev–Trinajstić information content (AvgIpc) is 2.45. The number of carboxylic acid groups (broad SMARTS) is 1. The highest BCUT2D eigenvalue weighted by molar-refractivity contribution is 5.71. The summed E-state index contributed by atoms with van der Waals surface area (Å²) in [5.74, 6) is -0.831. The van der Waals surface area contributed by atoms with Crippen molar-refractivity contribution in [1.82, 2.24) is 4.90 Å². The number of carbonyl (C=O) groups is 1. The third-order valence-electron chi connectivity index (χ3n) is 3.23. The highest BCUT2D eigenvalue weighted by Crippen LogP contribution is 2.25. The number of aliphatic carboxylic acids is 1. The van der Waals surface area contributed by atoms with Crippen molar-refractivity contribution in [3.05, 3.63) is 0 Å². The molecule has 0 aromatic rings. The zero-order chi connectivity index (χ0) is 10.9.